The average Bonchev–Trinajstić information content (AvgIpc) is 2.43. The molecule has 112 valence electrons. The van der Waals surface area contributed by atoms with Crippen LogP contribution in [0.3, 0.4) is 0 Å². The molecule has 21 heavy (non-hydrogen) atoms. The minimum atomic E-state index is -0.366. The maximum atomic E-state index is 13.5. The van der Waals surface area contributed by atoms with Gasteiger partial charge in [-0.05, 0) is 48.4 Å². The molecule has 0 amide bonds. The number of nitrogen functional groups attached to an aromatic ring is 1. The molecule has 2 aromatic rings. The van der Waals surface area contributed by atoms with Crippen molar-refractivity contribution in [2.24, 2.45) is 0 Å². The largest absolute Gasteiger partial charge is 0.399 e. The molecule has 2 nitrogen and oxygen atoms in total. The fraction of sp³-hybridized carbons (Fsp3) is 0.294. The summed E-state index contributed by atoms with van der Waals surface area (Å²) in [5.74, 6) is -0.366. The van der Waals surface area contributed by atoms with Crippen LogP contribution in [0.25, 0.3) is 0 Å². The smallest absolute Gasteiger partial charge is 0.142 e. The monoisotopic (exact) mass is 306 g/mol. The van der Waals surface area contributed by atoms with Crippen LogP contribution in [0.4, 0.5) is 10.1 Å². The molecule has 2 aromatic carbocycles. The van der Waals surface area contributed by atoms with Crippen molar-refractivity contribution in [3.63, 3.8) is 0 Å². The van der Waals surface area contributed by atoms with Gasteiger partial charge in [-0.25, -0.2) is 4.39 Å². The Bertz CT molecular complexity index is 601. The quantitative estimate of drug-likeness (QED) is 0.798. The highest BCUT2D eigenvalue weighted by atomic mass is 35.5. The Balaban J connectivity index is 2.09. The summed E-state index contributed by atoms with van der Waals surface area (Å²) in [5.41, 5.74) is 8.67. The molecule has 2 rings (SSSR count). The predicted molar refractivity (Wildman–Crippen MR) is 86.7 cm³/mol. The number of hydrogen-bond donors (Lipinski definition) is 1. The minimum absolute atomic E-state index is 0.164. The normalized spacial score (nSPS) is 11.0. The van der Waals surface area contributed by atoms with Crippen molar-refractivity contribution < 1.29 is 4.39 Å². The molecule has 0 atom stereocenters. The van der Waals surface area contributed by atoms with Crippen LogP contribution in [-0.2, 0) is 13.1 Å². The highest BCUT2D eigenvalue weighted by molar-refractivity contribution is 6.30. The number of anilines is 1. The minimum Gasteiger partial charge on any atom is -0.399 e. The molecule has 0 radical (unpaired) electrons. The zero-order chi connectivity index (χ0) is 15.2. The van der Waals surface area contributed by atoms with Gasteiger partial charge in [-0.15, -0.1) is 0 Å². The summed E-state index contributed by atoms with van der Waals surface area (Å²) in [6.45, 7) is 4.56. The van der Waals surface area contributed by atoms with E-state index in [0.29, 0.717) is 6.54 Å². The van der Waals surface area contributed by atoms with Crippen molar-refractivity contribution >= 4 is 17.3 Å². The van der Waals surface area contributed by atoms with E-state index in [2.05, 4.69) is 17.9 Å². The fourth-order valence-corrected chi connectivity index (χ4v) is 2.49. The van der Waals surface area contributed by atoms with E-state index in [0.717, 1.165) is 36.3 Å². The Hall–Kier alpha value is -1.58. The Morgan fingerprint density at radius 2 is 1.81 bits per heavy atom. The fourth-order valence-electron chi connectivity index (χ4n) is 2.38. The lowest BCUT2D eigenvalue weighted by atomic mass is 10.1. The first kappa shape index (κ1) is 15.8. The molecule has 2 N–H and O–H groups in total. The molecule has 0 bridgehead atoms. The summed E-state index contributed by atoms with van der Waals surface area (Å²) in [4.78, 5) is 2.28. The summed E-state index contributed by atoms with van der Waals surface area (Å²) in [7, 11) is 0. The maximum absolute atomic E-state index is 13.5. The van der Waals surface area contributed by atoms with Crippen LogP contribution in [0.5, 0.6) is 0 Å². The standard InChI is InChI=1S/C17H20ClFN2/c1-2-8-21(11-13-4-3-5-15(20)9-13)12-14-6-7-16(18)17(19)10-14/h3-7,9-10H,2,8,11-12,20H2,1H3. The SMILES string of the molecule is CCCN(Cc1cccc(N)c1)Cc1ccc(Cl)c(F)c1. The lowest BCUT2D eigenvalue weighted by Crippen LogP contribution is -2.23. The number of nitrogens with two attached hydrogens (primary N) is 1. The molecule has 0 aliphatic carbocycles. The second-order valence-corrected chi connectivity index (χ2v) is 5.61. The van der Waals surface area contributed by atoms with E-state index in [-0.39, 0.29) is 10.8 Å². The molecule has 0 aromatic heterocycles. The topological polar surface area (TPSA) is 29.3 Å². The molecule has 0 aliphatic heterocycles. The van der Waals surface area contributed by atoms with Crippen LogP contribution in [0.15, 0.2) is 42.5 Å². The summed E-state index contributed by atoms with van der Waals surface area (Å²) in [6.07, 6.45) is 1.04. The van der Waals surface area contributed by atoms with Crippen molar-refractivity contribution in [2.75, 3.05) is 12.3 Å². The molecule has 0 spiro atoms. The molecular formula is C17H20ClFN2. The van der Waals surface area contributed by atoms with Gasteiger partial charge in [-0.3, -0.25) is 4.90 Å². The van der Waals surface area contributed by atoms with Crippen molar-refractivity contribution in [3.05, 3.63) is 64.4 Å². The van der Waals surface area contributed by atoms with E-state index < -0.39 is 0 Å². The van der Waals surface area contributed by atoms with Gasteiger partial charge < -0.3 is 5.73 Å². The van der Waals surface area contributed by atoms with Crippen LogP contribution < -0.4 is 5.73 Å². The zero-order valence-electron chi connectivity index (χ0n) is 12.2. The first-order valence-electron chi connectivity index (χ1n) is 7.09. The zero-order valence-corrected chi connectivity index (χ0v) is 12.9. The van der Waals surface area contributed by atoms with Gasteiger partial charge in [0.15, 0.2) is 0 Å². The van der Waals surface area contributed by atoms with Crippen molar-refractivity contribution in [3.8, 4) is 0 Å². The average molecular weight is 307 g/mol. The van der Waals surface area contributed by atoms with Crippen LogP contribution >= 0.6 is 11.6 Å². The highest BCUT2D eigenvalue weighted by Gasteiger charge is 2.08. The number of halogens is 2. The van der Waals surface area contributed by atoms with E-state index in [1.54, 1.807) is 6.07 Å². The number of rotatable bonds is 6. The van der Waals surface area contributed by atoms with Gasteiger partial charge in [0.05, 0.1) is 5.02 Å². The van der Waals surface area contributed by atoms with Gasteiger partial charge in [0.1, 0.15) is 5.82 Å². The second-order valence-electron chi connectivity index (χ2n) is 5.20. The van der Waals surface area contributed by atoms with Gasteiger partial charge >= 0.3 is 0 Å². The Morgan fingerprint density at radius 3 is 2.43 bits per heavy atom. The van der Waals surface area contributed by atoms with E-state index in [9.17, 15) is 4.39 Å². The van der Waals surface area contributed by atoms with Crippen LogP contribution in [0, 0.1) is 5.82 Å². The predicted octanol–water partition coefficient (Wildman–Crippen LogP) is 4.47. The molecule has 0 unspecified atom stereocenters. The second kappa shape index (κ2) is 7.43. The van der Waals surface area contributed by atoms with Crippen LogP contribution in [0.1, 0.15) is 24.5 Å². The third kappa shape index (κ3) is 4.73. The molecule has 4 heteroatoms. The number of hydrogen-bond acceptors (Lipinski definition) is 2. The first-order valence-corrected chi connectivity index (χ1v) is 7.47. The van der Waals surface area contributed by atoms with E-state index in [1.165, 1.54) is 6.07 Å². The van der Waals surface area contributed by atoms with Crippen LogP contribution in [-0.4, -0.2) is 11.4 Å². The Labute approximate surface area is 130 Å². The van der Waals surface area contributed by atoms with Gasteiger partial charge in [0.25, 0.3) is 0 Å². The van der Waals surface area contributed by atoms with Gasteiger partial charge in [0, 0.05) is 18.8 Å². The Morgan fingerprint density at radius 1 is 1.10 bits per heavy atom. The van der Waals surface area contributed by atoms with Crippen molar-refractivity contribution in [1.29, 1.82) is 0 Å². The summed E-state index contributed by atoms with van der Waals surface area (Å²) >= 11 is 5.72. The highest BCUT2D eigenvalue weighted by Crippen LogP contribution is 2.18. The third-order valence-electron chi connectivity index (χ3n) is 3.29. The molecular weight excluding hydrogens is 287 g/mol. The number of nitrogens with zero attached hydrogens (tertiary/aromatic N) is 1. The van der Waals surface area contributed by atoms with Gasteiger partial charge in [0.2, 0.25) is 0 Å². The summed E-state index contributed by atoms with van der Waals surface area (Å²) in [5, 5.41) is 0.164. The molecule has 0 heterocycles. The Kier molecular flexibility index (Phi) is 5.59. The van der Waals surface area contributed by atoms with Gasteiger partial charge in [-0.2, -0.15) is 0 Å². The third-order valence-corrected chi connectivity index (χ3v) is 3.59. The first-order chi connectivity index (χ1) is 10.1. The summed E-state index contributed by atoms with van der Waals surface area (Å²) in [6, 6.07) is 12.8. The van der Waals surface area contributed by atoms with E-state index in [1.807, 2.05) is 24.3 Å². The molecule has 0 saturated heterocycles. The summed E-state index contributed by atoms with van der Waals surface area (Å²) < 4.78 is 13.5. The van der Waals surface area contributed by atoms with Crippen LogP contribution in [0.2, 0.25) is 5.02 Å². The maximum Gasteiger partial charge on any atom is 0.142 e. The van der Waals surface area contributed by atoms with Crippen molar-refractivity contribution in [2.45, 2.75) is 26.4 Å². The molecule has 0 aliphatic rings. The lowest BCUT2D eigenvalue weighted by molar-refractivity contribution is 0.257. The molecule has 0 fully saturated rings. The number of benzene rings is 2. The lowest BCUT2D eigenvalue weighted by Gasteiger charge is -2.22. The van der Waals surface area contributed by atoms with Gasteiger partial charge in [-0.1, -0.05) is 36.7 Å². The van der Waals surface area contributed by atoms with E-state index in [4.69, 9.17) is 17.3 Å². The van der Waals surface area contributed by atoms with Crippen molar-refractivity contribution in [1.82, 2.24) is 4.90 Å². The van der Waals surface area contributed by atoms with E-state index >= 15 is 0 Å². The molecule has 0 saturated carbocycles.